The van der Waals surface area contributed by atoms with Gasteiger partial charge in [-0.15, -0.1) is 10.2 Å². The fourth-order valence-electron chi connectivity index (χ4n) is 1.54. The Morgan fingerprint density at radius 1 is 1.43 bits per heavy atom. The van der Waals surface area contributed by atoms with E-state index in [4.69, 9.17) is 16.3 Å². The van der Waals surface area contributed by atoms with Crippen LogP contribution in [0.5, 0.6) is 0 Å². The van der Waals surface area contributed by atoms with Gasteiger partial charge in [0.05, 0.1) is 12.1 Å². The molecule has 0 aliphatic heterocycles. The van der Waals surface area contributed by atoms with Crippen LogP contribution in [0.1, 0.15) is 26.6 Å². The normalized spacial score (nSPS) is 12.1. The van der Waals surface area contributed by atoms with Gasteiger partial charge in [0, 0.05) is 13.5 Å². The van der Waals surface area contributed by atoms with Crippen LogP contribution in [0.2, 0.25) is 5.28 Å². The highest BCUT2D eigenvalue weighted by molar-refractivity contribution is 6.28. The van der Waals surface area contributed by atoms with Gasteiger partial charge in [-0.1, -0.05) is 6.92 Å². The molecule has 0 aliphatic rings. The van der Waals surface area contributed by atoms with Gasteiger partial charge in [-0.2, -0.15) is 0 Å². The van der Waals surface area contributed by atoms with E-state index in [9.17, 15) is 0 Å². The molecule has 0 N–H and O–H groups in total. The highest BCUT2D eigenvalue weighted by atomic mass is 35.5. The van der Waals surface area contributed by atoms with Crippen molar-refractivity contribution in [3.05, 3.63) is 11.1 Å². The summed E-state index contributed by atoms with van der Waals surface area (Å²) in [4.78, 5) is 0. The lowest BCUT2D eigenvalue weighted by Crippen LogP contribution is -2.33. The predicted octanol–water partition coefficient (Wildman–Crippen LogP) is 1.88. The zero-order valence-corrected chi connectivity index (χ0v) is 9.80. The molecule has 4 nitrogen and oxygen atoms in total. The van der Waals surface area contributed by atoms with Crippen molar-refractivity contribution in [2.45, 2.75) is 32.7 Å². The molecule has 14 heavy (non-hydrogen) atoms. The van der Waals surface area contributed by atoms with Crippen LogP contribution in [0.3, 0.4) is 0 Å². The van der Waals surface area contributed by atoms with E-state index in [0.29, 0.717) is 11.9 Å². The van der Waals surface area contributed by atoms with E-state index in [1.807, 2.05) is 25.3 Å². The molecule has 1 rings (SSSR count). The number of aromatic nitrogens is 3. The maximum Gasteiger partial charge on any atom is 0.225 e. The number of methoxy groups -OCH3 is 1. The Bertz CT molecular complexity index is 309. The Morgan fingerprint density at radius 2 is 2.07 bits per heavy atom. The van der Waals surface area contributed by atoms with Gasteiger partial charge in [0.1, 0.15) is 5.82 Å². The maximum absolute atomic E-state index is 5.98. The summed E-state index contributed by atoms with van der Waals surface area (Å²) in [5, 5.41) is 8.29. The van der Waals surface area contributed by atoms with Gasteiger partial charge in [0.15, 0.2) is 0 Å². The number of hydrogen-bond acceptors (Lipinski definition) is 3. The molecule has 5 heteroatoms. The zero-order valence-electron chi connectivity index (χ0n) is 9.04. The van der Waals surface area contributed by atoms with Crippen molar-refractivity contribution < 1.29 is 4.74 Å². The molecule has 0 aromatic carbocycles. The highest BCUT2D eigenvalue weighted by Gasteiger charge is 2.26. The van der Waals surface area contributed by atoms with E-state index in [2.05, 4.69) is 10.2 Å². The monoisotopic (exact) mass is 217 g/mol. The van der Waals surface area contributed by atoms with Crippen LogP contribution in [0, 0.1) is 0 Å². The standard InChI is InChI=1S/C9H16ClN3O/c1-5-7-11-12-8(10)13(7)9(2,3)6-14-4/h5-6H2,1-4H3. The van der Waals surface area contributed by atoms with Gasteiger partial charge in [0.25, 0.3) is 0 Å². The number of aryl methyl sites for hydroxylation is 1. The molecule has 1 aromatic rings. The Morgan fingerprint density at radius 3 is 2.57 bits per heavy atom. The first-order valence-corrected chi connectivity index (χ1v) is 5.00. The molecule has 80 valence electrons. The second-order valence-corrected chi connectivity index (χ2v) is 4.16. The van der Waals surface area contributed by atoms with E-state index >= 15 is 0 Å². The largest absolute Gasteiger partial charge is 0.382 e. The Balaban J connectivity index is 3.08. The first kappa shape index (κ1) is 11.5. The Kier molecular flexibility index (Phi) is 3.50. The van der Waals surface area contributed by atoms with Gasteiger partial charge < -0.3 is 4.74 Å². The second-order valence-electron chi connectivity index (χ2n) is 3.82. The quantitative estimate of drug-likeness (QED) is 0.773. The molecular formula is C9H16ClN3O. The van der Waals surface area contributed by atoms with E-state index in [-0.39, 0.29) is 5.54 Å². The lowest BCUT2D eigenvalue weighted by Gasteiger charge is -2.27. The van der Waals surface area contributed by atoms with Crippen molar-refractivity contribution in [2.75, 3.05) is 13.7 Å². The van der Waals surface area contributed by atoms with Crippen molar-refractivity contribution >= 4 is 11.6 Å². The highest BCUT2D eigenvalue weighted by Crippen LogP contribution is 2.22. The lowest BCUT2D eigenvalue weighted by molar-refractivity contribution is 0.108. The van der Waals surface area contributed by atoms with E-state index in [1.54, 1.807) is 7.11 Å². The summed E-state index contributed by atoms with van der Waals surface area (Å²) in [7, 11) is 1.67. The molecule has 1 aromatic heterocycles. The molecule has 0 fully saturated rings. The fourth-order valence-corrected chi connectivity index (χ4v) is 1.90. The number of ether oxygens (including phenoxy) is 1. The van der Waals surface area contributed by atoms with Crippen LogP contribution < -0.4 is 0 Å². The predicted molar refractivity (Wildman–Crippen MR) is 55.6 cm³/mol. The first-order valence-electron chi connectivity index (χ1n) is 4.62. The summed E-state index contributed by atoms with van der Waals surface area (Å²) in [6, 6.07) is 0. The van der Waals surface area contributed by atoms with Crippen molar-refractivity contribution in [3.63, 3.8) is 0 Å². The molecule has 0 bridgehead atoms. The smallest absolute Gasteiger partial charge is 0.225 e. The maximum atomic E-state index is 5.98. The Labute approximate surface area is 89.2 Å². The fraction of sp³-hybridized carbons (Fsp3) is 0.778. The second kappa shape index (κ2) is 4.28. The van der Waals surface area contributed by atoms with Gasteiger partial charge in [-0.05, 0) is 25.4 Å². The SMILES string of the molecule is CCc1nnc(Cl)n1C(C)(C)COC. The number of nitrogens with zero attached hydrogens (tertiary/aromatic N) is 3. The molecule has 0 spiro atoms. The molecule has 1 heterocycles. The molecule has 0 radical (unpaired) electrons. The van der Waals surface area contributed by atoms with E-state index in [1.165, 1.54) is 0 Å². The van der Waals surface area contributed by atoms with Crippen LogP contribution in [0.4, 0.5) is 0 Å². The molecule has 0 saturated heterocycles. The van der Waals surface area contributed by atoms with Crippen LogP contribution in [-0.2, 0) is 16.7 Å². The minimum Gasteiger partial charge on any atom is -0.382 e. The average Bonchev–Trinajstić information content (AvgIpc) is 2.47. The lowest BCUT2D eigenvalue weighted by atomic mass is 10.1. The summed E-state index contributed by atoms with van der Waals surface area (Å²) in [5.41, 5.74) is -0.208. The zero-order chi connectivity index (χ0) is 10.8. The summed E-state index contributed by atoms with van der Waals surface area (Å²) < 4.78 is 7.06. The van der Waals surface area contributed by atoms with Gasteiger partial charge in [-0.25, -0.2) is 0 Å². The molecule has 0 amide bonds. The van der Waals surface area contributed by atoms with Crippen LogP contribution in [0.15, 0.2) is 0 Å². The third kappa shape index (κ3) is 2.07. The summed E-state index contributed by atoms with van der Waals surface area (Å²) in [6.45, 7) is 6.70. The summed E-state index contributed by atoms with van der Waals surface area (Å²) >= 11 is 5.98. The van der Waals surface area contributed by atoms with Crippen molar-refractivity contribution in [3.8, 4) is 0 Å². The Hall–Kier alpha value is -0.610. The van der Waals surface area contributed by atoms with Crippen LogP contribution in [0.25, 0.3) is 0 Å². The number of rotatable bonds is 4. The first-order chi connectivity index (χ1) is 6.53. The summed E-state index contributed by atoms with van der Waals surface area (Å²) in [6.07, 6.45) is 0.812. The average molecular weight is 218 g/mol. The van der Waals surface area contributed by atoms with Gasteiger partial charge >= 0.3 is 0 Å². The molecule has 0 unspecified atom stereocenters. The topological polar surface area (TPSA) is 39.9 Å². The van der Waals surface area contributed by atoms with Gasteiger partial charge in [-0.3, -0.25) is 4.57 Å². The van der Waals surface area contributed by atoms with Crippen LogP contribution >= 0.6 is 11.6 Å². The number of hydrogen-bond donors (Lipinski definition) is 0. The molecule has 0 saturated carbocycles. The van der Waals surface area contributed by atoms with E-state index in [0.717, 1.165) is 12.2 Å². The van der Waals surface area contributed by atoms with Crippen molar-refractivity contribution in [1.82, 2.24) is 14.8 Å². The minimum absolute atomic E-state index is 0.208. The van der Waals surface area contributed by atoms with Crippen molar-refractivity contribution in [1.29, 1.82) is 0 Å². The molecule has 0 atom stereocenters. The summed E-state index contributed by atoms with van der Waals surface area (Å²) in [5.74, 6) is 0.886. The van der Waals surface area contributed by atoms with Gasteiger partial charge in [0.2, 0.25) is 5.28 Å². The molecule has 0 aliphatic carbocycles. The minimum atomic E-state index is -0.208. The third-order valence-electron chi connectivity index (χ3n) is 2.11. The number of halogens is 1. The van der Waals surface area contributed by atoms with E-state index < -0.39 is 0 Å². The van der Waals surface area contributed by atoms with Crippen molar-refractivity contribution in [2.24, 2.45) is 0 Å². The third-order valence-corrected chi connectivity index (χ3v) is 2.35. The van der Waals surface area contributed by atoms with Crippen LogP contribution in [-0.4, -0.2) is 28.5 Å². The molecular weight excluding hydrogens is 202 g/mol.